The van der Waals surface area contributed by atoms with Crippen molar-refractivity contribution in [1.29, 1.82) is 0 Å². The van der Waals surface area contributed by atoms with Crippen molar-refractivity contribution in [2.24, 2.45) is 35.5 Å². The lowest BCUT2D eigenvalue weighted by Crippen LogP contribution is -2.77. The van der Waals surface area contributed by atoms with Gasteiger partial charge in [0.2, 0.25) is 0 Å². The third-order valence-electron chi connectivity index (χ3n) is 8.33. The van der Waals surface area contributed by atoms with Crippen LogP contribution in [0.4, 0.5) is 4.79 Å². The molecule has 0 unspecified atom stereocenters. The second-order valence-electron chi connectivity index (χ2n) is 11.1. The average molecular weight is 365 g/mol. The molecule has 0 spiro atoms. The van der Waals surface area contributed by atoms with Gasteiger partial charge in [-0.05, 0) is 80.2 Å². The second kappa shape index (κ2) is 6.66. The highest BCUT2D eigenvalue weighted by Gasteiger charge is 2.52. The van der Waals surface area contributed by atoms with E-state index in [2.05, 4.69) is 11.5 Å². The van der Waals surface area contributed by atoms with Gasteiger partial charge in [0.05, 0.1) is 11.1 Å². The molecule has 8 bridgehead atoms. The van der Waals surface area contributed by atoms with E-state index in [4.69, 9.17) is 15.0 Å². The van der Waals surface area contributed by atoms with Crippen LogP contribution in [0.3, 0.4) is 0 Å². The van der Waals surface area contributed by atoms with Gasteiger partial charge in [-0.3, -0.25) is 0 Å². The van der Waals surface area contributed by atoms with E-state index in [9.17, 15) is 0 Å². The Kier molecular flexibility index (Phi) is 4.75. The van der Waals surface area contributed by atoms with Crippen molar-refractivity contribution >= 4 is 6.16 Å². The molecule has 8 rings (SSSR count). The summed E-state index contributed by atoms with van der Waals surface area (Å²) in [6.07, 6.45) is 15.7. The van der Waals surface area contributed by atoms with Gasteiger partial charge in [0, 0.05) is 38.5 Å². The largest absolute Gasteiger partial charge is 0.652 e. The number of carbonyl (C=O) groups is 1. The highest BCUT2D eigenvalue weighted by Crippen LogP contribution is 2.54. The number of rotatable bonds is 0. The SMILES string of the molecule is O=C([O-])[O-].[NH3+]C12CC3CC(CC(C3)C1)C2.[NH3+]C12CC3CC(CC(C3)C1)C2. The van der Waals surface area contributed by atoms with Crippen molar-refractivity contribution in [2.45, 2.75) is 88.1 Å². The van der Waals surface area contributed by atoms with Gasteiger partial charge in [-0.1, -0.05) is 0 Å². The van der Waals surface area contributed by atoms with E-state index in [0.717, 1.165) is 35.5 Å². The van der Waals surface area contributed by atoms with Crippen LogP contribution in [0.5, 0.6) is 0 Å². The molecule has 0 heterocycles. The fourth-order valence-corrected chi connectivity index (χ4v) is 8.58. The maximum Gasteiger partial charge on any atom is 0.0953 e. The summed E-state index contributed by atoms with van der Waals surface area (Å²) in [4.78, 5) is 8.33. The van der Waals surface area contributed by atoms with Crippen molar-refractivity contribution in [3.8, 4) is 0 Å². The van der Waals surface area contributed by atoms with Crippen LogP contribution >= 0.6 is 0 Å². The second-order valence-corrected chi connectivity index (χ2v) is 11.1. The predicted molar refractivity (Wildman–Crippen MR) is 93.0 cm³/mol. The van der Waals surface area contributed by atoms with E-state index in [1.54, 1.807) is 38.5 Å². The van der Waals surface area contributed by atoms with Crippen LogP contribution in [0, 0.1) is 35.5 Å². The van der Waals surface area contributed by atoms with Crippen LogP contribution in [0.25, 0.3) is 0 Å². The fraction of sp³-hybridized carbons (Fsp3) is 0.952. The molecule has 5 heteroatoms. The average Bonchev–Trinajstić information content (AvgIpc) is 2.41. The zero-order valence-electron chi connectivity index (χ0n) is 16.1. The third-order valence-corrected chi connectivity index (χ3v) is 8.33. The first-order valence-corrected chi connectivity index (χ1v) is 10.8. The Morgan fingerprint density at radius 1 is 0.577 bits per heavy atom. The van der Waals surface area contributed by atoms with E-state index in [-0.39, 0.29) is 0 Å². The van der Waals surface area contributed by atoms with Crippen LogP contribution in [-0.4, -0.2) is 17.2 Å². The molecule has 0 aromatic heterocycles. The Balaban J connectivity index is 0.000000108. The molecular weight excluding hydrogens is 328 g/mol. The topological polar surface area (TPSA) is 118 Å². The van der Waals surface area contributed by atoms with Gasteiger partial charge in [0.25, 0.3) is 0 Å². The van der Waals surface area contributed by atoms with Crippen LogP contribution in [0.15, 0.2) is 0 Å². The van der Waals surface area contributed by atoms with E-state index in [1.807, 2.05) is 0 Å². The highest BCUT2D eigenvalue weighted by molar-refractivity contribution is 5.47. The summed E-state index contributed by atoms with van der Waals surface area (Å²) in [5, 5.41) is 16.7. The zero-order chi connectivity index (χ0) is 18.5. The van der Waals surface area contributed by atoms with Crippen molar-refractivity contribution < 1.29 is 26.5 Å². The molecule has 8 aliphatic carbocycles. The zero-order valence-corrected chi connectivity index (χ0v) is 16.1. The Bertz CT molecular complexity index is 431. The molecule has 6 N–H and O–H groups in total. The minimum Gasteiger partial charge on any atom is -0.652 e. The van der Waals surface area contributed by atoms with Crippen molar-refractivity contribution in [3.63, 3.8) is 0 Å². The molecule has 26 heavy (non-hydrogen) atoms. The van der Waals surface area contributed by atoms with E-state index in [1.165, 1.54) is 38.5 Å². The number of carbonyl (C=O) groups excluding carboxylic acids is 1. The number of hydrogen-bond acceptors (Lipinski definition) is 3. The monoisotopic (exact) mass is 364 g/mol. The molecule has 0 aromatic carbocycles. The first kappa shape index (κ1) is 18.5. The molecule has 0 amide bonds. The first-order valence-electron chi connectivity index (χ1n) is 10.8. The Hall–Kier alpha value is -0.810. The van der Waals surface area contributed by atoms with Gasteiger partial charge in [-0.2, -0.15) is 0 Å². The Labute approximate surface area is 156 Å². The van der Waals surface area contributed by atoms with E-state index in [0.29, 0.717) is 11.1 Å². The summed E-state index contributed by atoms with van der Waals surface area (Å²) in [6.45, 7) is 0. The van der Waals surface area contributed by atoms with Gasteiger partial charge in [0.1, 0.15) is 0 Å². The summed E-state index contributed by atoms with van der Waals surface area (Å²) < 4.78 is 0. The van der Waals surface area contributed by atoms with E-state index < -0.39 is 6.16 Å². The molecule has 5 nitrogen and oxygen atoms in total. The quantitative estimate of drug-likeness (QED) is 0.627. The molecule has 0 aromatic rings. The van der Waals surface area contributed by atoms with Gasteiger partial charge in [-0.15, -0.1) is 0 Å². The molecule has 0 atom stereocenters. The summed E-state index contributed by atoms with van der Waals surface area (Å²) in [6, 6.07) is 0. The third kappa shape index (κ3) is 4.04. The number of carboxylic acid groups (broad SMARTS) is 2. The number of quaternary nitrogens is 2. The molecule has 8 saturated carbocycles. The van der Waals surface area contributed by atoms with Crippen LogP contribution in [0.2, 0.25) is 0 Å². The van der Waals surface area contributed by atoms with Crippen molar-refractivity contribution in [3.05, 3.63) is 0 Å². The first-order chi connectivity index (χ1) is 12.2. The molecular formula is C21H36N2O3. The molecule has 8 aliphatic rings. The summed E-state index contributed by atoms with van der Waals surface area (Å²) in [5.41, 5.74) is 9.96. The normalized spacial score (nSPS) is 51.9. The number of hydrogen-bond donors (Lipinski definition) is 2. The minimum absolute atomic E-state index is 0.550. The predicted octanol–water partition coefficient (Wildman–Crippen LogP) is -0.0528. The lowest BCUT2D eigenvalue weighted by Gasteiger charge is -2.52. The lowest BCUT2D eigenvalue weighted by atomic mass is 9.53. The van der Waals surface area contributed by atoms with Crippen LogP contribution in [0.1, 0.15) is 77.0 Å². The summed E-state index contributed by atoms with van der Waals surface area (Å²) in [7, 11) is 0. The fourth-order valence-electron chi connectivity index (χ4n) is 8.58. The molecule has 148 valence electrons. The molecule has 0 saturated heterocycles. The summed E-state index contributed by atoms with van der Waals surface area (Å²) in [5.74, 6) is 6.49. The van der Waals surface area contributed by atoms with Gasteiger partial charge in [-0.25, -0.2) is 0 Å². The molecule has 0 radical (unpaired) electrons. The van der Waals surface area contributed by atoms with Gasteiger partial charge in [0.15, 0.2) is 0 Å². The minimum atomic E-state index is -2.33. The smallest absolute Gasteiger partial charge is 0.0953 e. The Morgan fingerprint density at radius 2 is 0.731 bits per heavy atom. The standard InChI is InChI=1S/2C10H17N.CH2O3/c2*11-10-4-7-1-8(5-10)3-9(2-7)6-10;2-1(3)4/h2*7-9H,1-6,11H2;(H2,2,3,4). The van der Waals surface area contributed by atoms with Crippen LogP contribution < -0.4 is 21.7 Å². The Morgan fingerprint density at radius 3 is 0.846 bits per heavy atom. The molecule has 0 aliphatic heterocycles. The maximum absolute atomic E-state index is 8.33. The van der Waals surface area contributed by atoms with Gasteiger partial charge < -0.3 is 26.5 Å². The lowest BCUT2D eigenvalue weighted by molar-refractivity contribution is -0.505. The summed E-state index contributed by atoms with van der Waals surface area (Å²) >= 11 is 0. The maximum atomic E-state index is 8.33. The van der Waals surface area contributed by atoms with Crippen LogP contribution in [-0.2, 0) is 0 Å². The highest BCUT2D eigenvalue weighted by atomic mass is 16.6. The van der Waals surface area contributed by atoms with Gasteiger partial charge >= 0.3 is 0 Å². The van der Waals surface area contributed by atoms with Crippen molar-refractivity contribution in [1.82, 2.24) is 0 Å². The van der Waals surface area contributed by atoms with Crippen molar-refractivity contribution in [2.75, 3.05) is 0 Å². The molecule has 8 fully saturated rings. The van der Waals surface area contributed by atoms with E-state index >= 15 is 0 Å².